The van der Waals surface area contributed by atoms with Crippen LogP contribution in [0.3, 0.4) is 0 Å². The van der Waals surface area contributed by atoms with Gasteiger partial charge in [-0.2, -0.15) is 0 Å². The minimum atomic E-state index is -0.695. The van der Waals surface area contributed by atoms with Gasteiger partial charge in [-0.25, -0.2) is 18.4 Å². The molecule has 0 radical (unpaired) electrons. The number of rotatable bonds is 10. The van der Waals surface area contributed by atoms with Gasteiger partial charge in [0.1, 0.15) is 22.8 Å². The molecule has 2 heterocycles. The summed E-state index contributed by atoms with van der Waals surface area (Å²) in [6.07, 6.45) is 12.0. The Kier molecular flexibility index (Phi) is 19.5. The van der Waals surface area contributed by atoms with Crippen molar-refractivity contribution in [2.75, 3.05) is 40.3 Å². The molecule has 0 aromatic heterocycles. The molecular weight excluding hydrogens is 927 g/mol. The highest BCUT2D eigenvalue weighted by atomic mass is 19.1. The summed E-state index contributed by atoms with van der Waals surface area (Å²) in [5.74, 6) is 1.07. The molecule has 2 atom stereocenters. The maximum absolute atomic E-state index is 14.0. The number of carbonyl (C=O) groups is 4. The average Bonchev–Trinajstić information content (AvgIpc) is 3.87. The minimum Gasteiger partial charge on any atom is -0.481 e. The van der Waals surface area contributed by atoms with E-state index in [0.29, 0.717) is 62.2 Å². The second-order valence-electron chi connectivity index (χ2n) is 24.8. The average molecular weight is 1020 g/mol. The largest absolute Gasteiger partial charge is 0.481 e. The van der Waals surface area contributed by atoms with Crippen LogP contribution in [-0.4, -0.2) is 107 Å². The standard InChI is InChI=1S/C30H43FN2O3.C16H20FN.C14H25NO4/c1-19(2)15-27-26-16-22-11-12-23(31)17-25(22)24(26)13-14-33(27)28(34)21-9-7-20(8-10-21)18-32(6)29(35)36-30(3,4)5;1-10(2)7-16-15-8-11-3-4-12(17)9-14(11)13(15)5-6-18-16;1-14(2,3)19-13(18)15(4)9-10-5-7-11(8-6-10)12(16)17/h11-12,17,19-21,27H,7-10,13-16,18H2,1-6H3;3-4,9-10,16,18H,5-8H2,1-2H3;10-11H,5-9H2,1-4H3,(H,16,17). The lowest BCUT2D eigenvalue weighted by Gasteiger charge is -2.41. The molecule has 4 aliphatic carbocycles. The SMILES string of the molecule is CC(C)CC1C2=C(CCN1C(=O)C1CCC(CN(C)C(=O)OC(C)(C)C)CC1)c1cc(F)ccc1C2.CC(C)CC1NCCC2=C1Cc1ccc(F)cc12.CN(CC1CCC(C(=O)O)CC1)C(=O)OC(C)(C)C. The van der Waals surface area contributed by atoms with Crippen LogP contribution in [0.2, 0.25) is 0 Å². The van der Waals surface area contributed by atoms with Crippen LogP contribution in [0.25, 0.3) is 11.1 Å². The molecule has 0 spiro atoms. The van der Waals surface area contributed by atoms with Crippen molar-refractivity contribution >= 4 is 35.2 Å². The van der Waals surface area contributed by atoms with Crippen LogP contribution in [0.5, 0.6) is 0 Å². The van der Waals surface area contributed by atoms with Crippen molar-refractivity contribution in [3.05, 3.63) is 81.4 Å². The fraction of sp³-hybridized carbons (Fsp3) is 0.667. The maximum atomic E-state index is 14.0. The van der Waals surface area contributed by atoms with E-state index in [2.05, 4.69) is 37.9 Å². The Morgan fingerprint density at radius 1 is 0.671 bits per heavy atom. The fourth-order valence-corrected chi connectivity index (χ4v) is 11.9. The molecule has 2 N–H and O–H groups in total. The predicted octanol–water partition coefficient (Wildman–Crippen LogP) is 12.7. The molecule has 2 unspecified atom stereocenters. The Labute approximate surface area is 435 Å². The Hall–Kier alpha value is -4.78. The van der Waals surface area contributed by atoms with Crippen molar-refractivity contribution < 1.29 is 42.5 Å². The molecule has 2 aromatic carbocycles. The zero-order valence-electron chi connectivity index (χ0n) is 46.3. The van der Waals surface area contributed by atoms with Crippen molar-refractivity contribution in [2.24, 2.45) is 35.5 Å². The van der Waals surface area contributed by atoms with Gasteiger partial charge in [-0.15, -0.1) is 0 Å². The summed E-state index contributed by atoms with van der Waals surface area (Å²) in [4.78, 5) is 54.3. The number of ether oxygens (including phenoxy) is 2. The molecule has 73 heavy (non-hydrogen) atoms. The summed E-state index contributed by atoms with van der Waals surface area (Å²) in [6.45, 7) is 23.2. The number of carbonyl (C=O) groups excluding carboxylic acids is 3. The molecule has 2 aromatic rings. The molecule has 3 amide bonds. The molecule has 2 fully saturated rings. The number of nitrogens with zero attached hydrogens (tertiary/aromatic N) is 3. The van der Waals surface area contributed by atoms with Gasteiger partial charge in [0.2, 0.25) is 5.91 Å². The highest BCUT2D eigenvalue weighted by molar-refractivity contribution is 5.84. The normalized spacial score (nSPS) is 23.5. The zero-order chi connectivity index (χ0) is 53.5. The molecule has 0 saturated heterocycles. The van der Waals surface area contributed by atoms with Crippen LogP contribution < -0.4 is 5.32 Å². The van der Waals surface area contributed by atoms with Gasteiger partial charge < -0.3 is 34.6 Å². The second-order valence-corrected chi connectivity index (χ2v) is 24.8. The summed E-state index contributed by atoms with van der Waals surface area (Å²) in [5.41, 5.74) is 9.26. The van der Waals surface area contributed by atoms with E-state index < -0.39 is 17.2 Å². The van der Waals surface area contributed by atoms with Gasteiger partial charge in [0.25, 0.3) is 0 Å². The van der Waals surface area contributed by atoms with Gasteiger partial charge >= 0.3 is 18.2 Å². The van der Waals surface area contributed by atoms with Gasteiger partial charge in [0.05, 0.1) is 12.0 Å². The van der Waals surface area contributed by atoms with Crippen molar-refractivity contribution in [2.45, 2.75) is 182 Å². The maximum Gasteiger partial charge on any atom is 0.410 e. The lowest BCUT2D eigenvalue weighted by atomic mass is 9.80. The van der Waals surface area contributed by atoms with Gasteiger partial charge in [-0.3, -0.25) is 9.59 Å². The van der Waals surface area contributed by atoms with Gasteiger partial charge in [0, 0.05) is 45.7 Å². The quantitative estimate of drug-likeness (QED) is 0.241. The van der Waals surface area contributed by atoms with E-state index in [1.807, 2.05) is 53.7 Å². The molecule has 2 aliphatic heterocycles. The van der Waals surface area contributed by atoms with Crippen LogP contribution >= 0.6 is 0 Å². The van der Waals surface area contributed by atoms with E-state index in [-0.39, 0.29) is 47.6 Å². The Morgan fingerprint density at radius 2 is 1.12 bits per heavy atom. The van der Waals surface area contributed by atoms with E-state index >= 15 is 0 Å². The summed E-state index contributed by atoms with van der Waals surface area (Å²) < 4.78 is 38.2. The number of fused-ring (bicyclic) bond motifs is 4. The second kappa shape index (κ2) is 24.7. The van der Waals surface area contributed by atoms with Crippen molar-refractivity contribution in [3.8, 4) is 0 Å². The number of aliphatic carboxylic acids is 1. The lowest BCUT2D eigenvalue weighted by Crippen LogP contribution is -2.48. The highest BCUT2D eigenvalue weighted by Crippen LogP contribution is 2.44. The number of halogens is 2. The Morgan fingerprint density at radius 3 is 1.58 bits per heavy atom. The summed E-state index contributed by atoms with van der Waals surface area (Å²) in [5, 5.41) is 12.6. The van der Waals surface area contributed by atoms with Crippen molar-refractivity contribution in [1.82, 2.24) is 20.0 Å². The predicted molar refractivity (Wildman–Crippen MR) is 286 cm³/mol. The third-order valence-corrected chi connectivity index (χ3v) is 15.4. The summed E-state index contributed by atoms with van der Waals surface area (Å²) in [7, 11) is 3.53. The number of nitrogens with one attached hydrogen (secondary N) is 1. The Bertz CT molecular complexity index is 2330. The van der Waals surface area contributed by atoms with Gasteiger partial charge in [-0.1, -0.05) is 39.8 Å². The first-order chi connectivity index (χ1) is 34.3. The third kappa shape index (κ3) is 15.9. The van der Waals surface area contributed by atoms with Crippen molar-refractivity contribution in [1.29, 1.82) is 0 Å². The van der Waals surface area contributed by atoms with E-state index in [9.17, 15) is 28.0 Å². The summed E-state index contributed by atoms with van der Waals surface area (Å²) >= 11 is 0. The molecule has 13 heteroatoms. The number of hydrogen-bond donors (Lipinski definition) is 2. The number of amides is 3. The number of carboxylic acids is 1. The monoisotopic (exact) mass is 1010 g/mol. The van der Waals surface area contributed by atoms with Crippen LogP contribution in [-0.2, 0) is 31.9 Å². The van der Waals surface area contributed by atoms with Crippen LogP contribution in [0.4, 0.5) is 18.4 Å². The molecule has 404 valence electrons. The molecule has 6 aliphatic rings. The first-order valence-electron chi connectivity index (χ1n) is 27.4. The van der Waals surface area contributed by atoms with E-state index in [0.717, 1.165) is 82.7 Å². The van der Waals surface area contributed by atoms with Crippen LogP contribution in [0.15, 0.2) is 47.5 Å². The topological polar surface area (TPSA) is 129 Å². The smallest absolute Gasteiger partial charge is 0.410 e. The molecular formula is C60H88F2N4O7. The van der Waals surface area contributed by atoms with Crippen molar-refractivity contribution in [3.63, 3.8) is 0 Å². The first-order valence-corrected chi connectivity index (χ1v) is 27.4. The van der Waals surface area contributed by atoms with E-state index in [1.54, 1.807) is 48.2 Å². The first kappa shape index (κ1) is 57.5. The van der Waals surface area contributed by atoms with Crippen LogP contribution in [0, 0.1) is 47.1 Å². The zero-order valence-corrected chi connectivity index (χ0v) is 46.3. The van der Waals surface area contributed by atoms with Gasteiger partial charge in [0.15, 0.2) is 0 Å². The summed E-state index contributed by atoms with van der Waals surface area (Å²) in [6, 6.07) is 11.0. The molecule has 8 rings (SSSR count). The lowest BCUT2D eigenvalue weighted by molar-refractivity contribution is -0.143. The van der Waals surface area contributed by atoms with Gasteiger partial charge in [-0.05, 0) is 230 Å². The molecule has 11 nitrogen and oxygen atoms in total. The molecule has 2 saturated carbocycles. The molecule has 0 bridgehead atoms. The number of carboxylic acid groups (broad SMARTS) is 1. The van der Waals surface area contributed by atoms with Crippen LogP contribution in [0.1, 0.15) is 169 Å². The number of hydrogen-bond acceptors (Lipinski definition) is 7. The minimum absolute atomic E-state index is 0.0473. The van der Waals surface area contributed by atoms with E-state index in [4.69, 9.17) is 14.6 Å². The number of benzene rings is 2. The fourth-order valence-electron chi connectivity index (χ4n) is 11.9. The third-order valence-electron chi connectivity index (χ3n) is 15.4. The Balaban J connectivity index is 0.000000197. The van der Waals surface area contributed by atoms with E-state index in [1.165, 1.54) is 45.4 Å². The highest BCUT2D eigenvalue weighted by Gasteiger charge is 2.40.